The maximum Gasteiger partial charge on any atom is 0.141 e. The maximum absolute atomic E-state index is 6.08. The minimum atomic E-state index is 0.985. The molecule has 128 valence electrons. The van der Waals surface area contributed by atoms with Gasteiger partial charge in [0.2, 0.25) is 0 Å². The first kappa shape index (κ1) is 17.4. The van der Waals surface area contributed by atoms with Gasteiger partial charge in [0.25, 0.3) is 0 Å². The lowest BCUT2D eigenvalue weighted by Crippen LogP contribution is -1.98. The summed E-state index contributed by atoms with van der Waals surface area (Å²) in [7, 11) is 0. The molecular formula is C22H28OS. The van der Waals surface area contributed by atoms with Gasteiger partial charge in [-0.3, -0.25) is 0 Å². The van der Waals surface area contributed by atoms with Crippen molar-refractivity contribution in [2.45, 2.75) is 74.5 Å². The number of rotatable bonds is 9. The average molecular weight is 341 g/mol. The first-order chi connectivity index (χ1) is 11.9. The molecule has 2 aromatic rings. The van der Waals surface area contributed by atoms with E-state index in [4.69, 9.17) is 4.74 Å². The number of para-hydroxylation sites is 1. The first-order valence-electron chi connectivity index (χ1n) is 9.45. The SMILES string of the molecule is CCCCCCCCCCc1cccc2c1Sc1ccccc1O2. The van der Waals surface area contributed by atoms with Gasteiger partial charge in [-0.15, -0.1) is 0 Å². The number of hydrogen-bond donors (Lipinski definition) is 0. The predicted octanol–water partition coefficient (Wildman–Crippen LogP) is 7.63. The lowest BCUT2D eigenvalue weighted by molar-refractivity contribution is 0.452. The molecule has 0 amide bonds. The van der Waals surface area contributed by atoms with Gasteiger partial charge in [-0.2, -0.15) is 0 Å². The van der Waals surface area contributed by atoms with E-state index >= 15 is 0 Å². The molecule has 0 N–H and O–H groups in total. The van der Waals surface area contributed by atoms with Gasteiger partial charge in [-0.25, -0.2) is 0 Å². The van der Waals surface area contributed by atoms with Crippen molar-refractivity contribution in [1.29, 1.82) is 0 Å². The Morgan fingerprint density at radius 3 is 2.29 bits per heavy atom. The molecule has 1 aliphatic rings. The Kier molecular flexibility index (Phi) is 6.66. The molecule has 0 spiro atoms. The largest absolute Gasteiger partial charge is 0.455 e. The zero-order chi connectivity index (χ0) is 16.6. The summed E-state index contributed by atoms with van der Waals surface area (Å²) in [5.74, 6) is 2.01. The van der Waals surface area contributed by atoms with Crippen LogP contribution in [0.1, 0.15) is 63.9 Å². The molecule has 0 aliphatic carbocycles. The molecule has 3 rings (SSSR count). The first-order valence-corrected chi connectivity index (χ1v) is 10.3. The highest BCUT2D eigenvalue weighted by molar-refractivity contribution is 7.99. The van der Waals surface area contributed by atoms with Crippen molar-refractivity contribution in [3.8, 4) is 11.5 Å². The van der Waals surface area contributed by atoms with Crippen molar-refractivity contribution in [3.05, 3.63) is 48.0 Å². The highest BCUT2D eigenvalue weighted by Gasteiger charge is 2.19. The number of benzene rings is 2. The lowest BCUT2D eigenvalue weighted by Gasteiger charge is -2.21. The molecule has 0 unspecified atom stereocenters. The van der Waals surface area contributed by atoms with E-state index < -0.39 is 0 Å². The Hall–Kier alpha value is -1.41. The van der Waals surface area contributed by atoms with Gasteiger partial charge in [-0.05, 0) is 36.6 Å². The van der Waals surface area contributed by atoms with Gasteiger partial charge in [-0.1, -0.05) is 87.9 Å². The third kappa shape index (κ3) is 4.57. The van der Waals surface area contributed by atoms with Gasteiger partial charge in [0.05, 0.1) is 9.79 Å². The smallest absolute Gasteiger partial charge is 0.141 e. The van der Waals surface area contributed by atoms with Gasteiger partial charge < -0.3 is 4.74 Å². The van der Waals surface area contributed by atoms with Gasteiger partial charge in [0.15, 0.2) is 0 Å². The summed E-state index contributed by atoms with van der Waals surface area (Å²) >= 11 is 1.86. The second kappa shape index (κ2) is 9.17. The summed E-state index contributed by atoms with van der Waals surface area (Å²) in [6, 6.07) is 14.8. The number of unbranched alkanes of at least 4 members (excludes halogenated alkanes) is 7. The van der Waals surface area contributed by atoms with Crippen LogP contribution in [-0.4, -0.2) is 0 Å². The Balaban J connectivity index is 1.50. The zero-order valence-corrected chi connectivity index (χ0v) is 15.5. The van der Waals surface area contributed by atoms with E-state index in [1.807, 2.05) is 17.8 Å². The fourth-order valence-electron chi connectivity index (χ4n) is 3.25. The van der Waals surface area contributed by atoms with Crippen LogP contribution in [0.4, 0.5) is 0 Å². The van der Waals surface area contributed by atoms with Crippen molar-refractivity contribution in [3.63, 3.8) is 0 Å². The van der Waals surface area contributed by atoms with E-state index in [-0.39, 0.29) is 0 Å². The second-order valence-electron chi connectivity index (χ2n) is 6.62. The second-order valence-corrected chi connectivity index (χ2v) is 7.67. The molecule has 0 saturated carbocycles. The quantitative estimate of drug-likeness (QED) is 0.370. The maximum atomic E-state index is 6.08. The minimum Gasteiger partial charge on any atom is -0.455 e. The van der Waals surface area contributed by atoms with Crippen molar-refractivity contribution in [2.24, 2.45) is 0 Å². The van der Waals surface area contributed by atoms with Crippen LogP contribution in [0.3, 0.4) is 0 Å². The van der Waals surface area contributed by atoms with Crippen LogP contribution in [0.2, 0.25) is 0 Å². The summed E-state index contributed by atoms with van der Waals surface area (Å²) in [6.45, 7) is 2.28. The molecular weight excluding hydrogens is 312 g/mol. The minimum absolute atomic E-state index is 0.985. The summed E-state index contributed by atoms with van der Waals surface area (Å²) < 4.78 is 6.08. The van der Waals surface area contributed by atoms with Crippen molar-refractivity contribution in [2.75, 3.05) is 0 Å². The van der Waals surface area contributed by atoms with Crippen LogP contribution in [0.25, 0.3) is 0 Å². The van der Waals surface area contributed by atoms with Gasteiger partial charge in [0.1, 0.15) is 11.5 Å². The third-order valence-electron chi connectivity index (χ3n) is 4.64. The molecule has 2 heteroatoms. The number of aryl methyl sites for hydroxylation is 1. The summed E-state index contributed by atoms with van der Waals surface area (Å²) in [6.07, 6.45) is 12.1. The van der Waals surface area contributed by atoms with Crippen molar-refractivity contribution < 1.29 is 4.74 Å². The topological polar surface area (TPSA) is 9.23 Å². The number of hydrogen-bond acceptors (Lipinski definition) is 2. The Morgan fingerprint density at radius 2 is 1.46 bits per heavy atom. The van der Waals surface area contributed by atoms with Gasteiger partial charge in [0, 0.05) is 0 Å². The molecule has 0 saturated heterocycles. The molecule has 0 atom stereocenters. The zero-order valence-electron chi connectivity index (χ0n) is 14.7. The van der Waals surface area contributed by atoms with Crippen LogP contribution in [0.15, 0.2) is 52.3 Å². The monoisotopic (exact) mass is 340 g/mol. The molecule has 1 heterocycles. The van der Waals surface area contributed by atoms with Crippen molar-refractivity contribution >= 4 is 11.8 Å². The average Bonchev–Trinajstić information content (AvgIpc) is 2.62. The Labute approximate surface area is 150 Å². The van der Waals surface area contributed by atoms with E-state index in [9.17, 15) is 0 Å². The summed E-state index contributed by atoms with van der Waals surface area (Å²) in [5, 5.41) is 0. The molecule has 0 fully saturated rings. The number of ether oxygens (including phenoxy) is 1. The lowest BCUT2D eigenvalue weighted by atomic mass is 10.0. The molecule has 1 aliphatic heterocycles. The van der Waals surface area contributed by atoms with Crippen molar-refractivity contribution in [1.82, 2.24) is 0 Å². The standard InChI is InChI=1S/C22H28OS/c1-2-3-4-5-6-7-8-9-13-18-14-12-16-20-22(18)24-21-17-11-10-15-19(21)23-20/h10-12,14-17H,2-9,13H2,1H3. The van der Waals surface area contributed by atoms with E-state index in [0.29, 0.717) is 0 Å². The number of fused-ring (bicyclic) bond motifs is 2. The highest BCUT2D eigenvalue weighted by atomic mass is 32.2. The van der Waals surface area contributed by atoms with Gasteiger partial charge >= 0.3 is 0 Å². The Morgan fingerprint density at radius 1 is 0.750 bits per heavy atom. The van der Waals surface area contributed by atoms with Crippen LogP contribution >= 0.6 is 11.8 Å². The molecule has 2 aromatic carbocycles. The van der Waals surface area contributed by atoms with E-state index in [0.717, 1.165) is 17.9 Å². The van der Waals surface area contributed by atoms with Crippen LogP contribution in [0.5, 0.6) is 11.5 Å². The third-order valence-corrected chi connectivity index (χ3v) is 5.87. The highest BCUT2D eigenvalue weighted by Crippen LogP contribution is 2.48. The normalized spacial score (nSPS) is 12.4. The Bertz CT molecular complexity index is 650. The fourth-order valence-corrected chi connectivity index (χ4v) is 4.34. The van der Waals surface area contributed by atoms with Crippen LogP contribution < -0.4 is 4.74 Å². The fraction of sp³-hybridized carbons (Fsp3) is 0.455. The summed E-state index contributed by atoms with van der Waals surface area (Å²) in [5.41, 5.74) is 1.44. The predicted molar refractivity (Wildman–Crippen MR) is 103 cm³/mol. The molecule has 0 radical (unpaired) electrons. The van der Waals surface area contributed by atoms with E-state index in [2.05, 4.69) is 43.3 Å². The van der Waals surface area contributed by atoms with E-state index in [1.165, 1.54) is 66.7 Å². The summed E-state index contributed by atoms with van der Waals surface area (Å²) in [4.78, 5) is 2.55. The van der Waals surface area contributed by atoms with Crippen LogP contribution in [0, 0.1) is 0 Å². The molecule has 24 heavy (non-hydrogen) atoms. The van der Waals surface area contributed by atoms with Crippen LogP contribution in [-0.2, 0) is 6.42 Å². The van der Waals surface area contributed by atoms with E-state index in [1.54, 1.807) is 0 Å². The molecule has 0 bridgehead atoms. The molecule has 1 nitrogen and oxygen atoms in total. The molecule has 0 aromatic heterocycles.